The van der Waals surface area contributed by atoms with Crippen LogP contribution in [0, 0.1) is 6.92 Å². The summed E-state index contributed by atoms with van der Waals surface area (Å²) in [6.45, 7) is 5.37. The zero-order valence-corrected chi connectivity index (χ0v) is 16.3. The molecule has 2 aliphatic rings. The Kier molecular flexibility index (Phi) is 4.25. The maximum absolute atomic E-state index is 4.22. The number of rotatable bonds is 5. The van der Waals surface area contributed by atoms with E-state index >= 15 is 0 Å². The predicted octanol–water partition coefficient (Wildman–Crippen LogP) is 3.83. The molecular weight excluding hydrogens is 332 g/mol. The summed E-state index contributed by atoms with van der Waals surface area (Å²) in [5, 5.41) is 5.32. The Morgan fingerprint density at radius 3 is 2.78 bits per heavy atom. The summed E-state index contributed by atoms with van der Waals surface area (Å²) >= 11 is 0. The van der Waals surface area contributed by atoms with Crippen molar-refractivity contribution in [2.75, 3.05) is 13.6 Å². The second-order valence-electron chi connectivity index (χ2n) is 8.32. The summed E-state index contributed by atoms with van der Waals surface area (Å²) in [5.41, 5.74) is 7.13. The van der Waals surface area contributed by atoms with Crippen molar-refractivity contribution >= 4 is 10.9 Å². The van der Waals surface area contributed by atoms with Crippen LogP contribution in [0.25, 0.3) is 10.9 Å². The lowest BCUT2D eigenvalue weighted by Crippen LogP contribution is -2.30. The first kappa shape index (κ1) is 17.0. The van der Waals surface area contributed by atoms with Crippen LogP contribution in [0.5, 0.6) is 0 Å². The minimum absolute atomic E-state index is 0.334. The Hall–Kier alpha value is -2.17. The van der Waals surface area contributed by atoms with Gasteiger partial charge in [-0.1, -0.05) is 11.6 Å². The number of nitrogens with zero attached hydrogens (tertiary/aromatic N) is 3. The molecule has 0 bridgehead atoms. The van der Waals surface area contributed by atoms with Crippen molar-refractivity contribution in [3.05, 3.63) is 65.1 Å². The molecule has 1 atom stereocenters. The molecule has 0 radical (unpaired) electrons. The highest BCUT2D eigenvalue weighted by Gasteiger charge is 2.28. The van der Waals surface area contributed by atoms with Crippen molar-refractivity contribution in [1.29, 1.82) is 0 Å². The van der Waals surface area contributed by atoms with Gasteiger partial charge in [0.2, 0.25) is 0 Å². The van der Waals surface area contributed by atoms with Crippen molar-refractivity contribution in [3.63, 3.8) is 0 Å². The predicted molar refractivity (Wildman–Crippen MR) is 110 cm³/mol. The van der Waals surface area contributed by atoms with Crippen molar-refractivity contribution < 1.29 is 0 Å². The Morgan fingerprint density at radius 1 is 1.19 bits per heavy atom. The Balaban J connectivity index is 1.59. The molecule has 1 N–H and O–H groups in total. The topological polar surface area (TPSA) is 33.1 Å². The number of likely N-dealkylation sites (N-methyl/N-ethyl adjacent to an activating group) is 1. The molecule has 1 aromatic carbocycles. The van der Waals surface area contributed by atoms with Crippen molar-refractivity contribution in [2.24, 2.45) is 0 Å². The number of hydrogen-bond donors (Lipinski definition) is 1. The molecule has 4 heteroatoms. The summed E-state index contributed by atoms with van der Waals surface area (Å²) in [7, 11) is 2.23. The molecule has 3 heterocycles. The lowest BCUT2D eigenvalue weighted by Gasteiger charge is -2.26. The van der Waals surface area contributed by atoms with Gasteiger partial charge in [0.05, 0.1) is 6.04 Å². The van der Waals surface area contributed by atoms with Crippen LogP contribution in [0.4, 0.5) is 0 Å². The first-order chi connectivity index (χ1) is 13.2. The van der Waals surface area contributed by atoms with Crippen LogP contribution in [-0.4, -0.2) is 34.1 Å². The molecule has 1 aliphatic heterocycles. The standard InChI is InChI=1S/C23H28N4/c1-16-3-6-22-19(13-16)20-14-26(2)12-9-23(20)27(22)15-21(25-18-4-5-18)17-7-10-24-11-8-17/h3,6-8,10-11,13,18,21,25H,4-5,9,12,14-15H2,1-2H3. The maximum Gasteiger partial charge on any atom is 0.0505 e. The minimum Gasteiger partial charge on any atom is -0.342 e. The summed E-state index contributed by atoms with van der Waals surface area (Å²) in [5.74, 6) is 0. The van der Waals surface area contributed by atoms with Crippen LogP contribution in [0.3, 0.4) is 0 Å². The van der Waals surface area contributed by atoms with Gasteiger partial charge in [0.1, 0.15) is 0 Å². The normalized spacial score (nSPS) is 18.6. The summed E-state index contributed by atoms with van der Waals surface area (Å²) < 4.78 is 2.59. The highest BCUT2D eigenvalue weighted by atomic mass is 15.1. The van der Waals surface area contributed by atoms with E-state index in [-0.39, 0.29) is 0 Å². The van der Waals surface area contributed by atoms with E-state index in [1.54, 1.807) is 0 Å². The number of nitrogens with one attached hydrogen (secondary N) is 1. The number of benzene rings is 1. The zero-order chi connectivity index (χ0) is 18.4. The Bertz CT molecular complexity index is 955. The highest BCUT2D eigenvalue weighted by Crippen LogP contribution is 2.33. The molecule has 1 fully saturated rings. The molecule has 0 spiro atoms. The fraction of sp³-hybridized carbons (Fsp3) is 0.435. The van der Waals surface area contributed by atoms with Gasteiger partial charge in [-0.05, 0) is 62.2 Å². The first-order valence-corrected chi connectivity index (χ1v) is 10.1. The van der Waals surface area contributed by atoms with Crippen LogP contribution in [0.15, 0.2) is 42.7 Å². The monoisotopic (exact) mass is 360 g/mol. The van der Waals surface area contributed by atoms with Crippen LogP contribution < -0.4 is 5.32 Å². The van der Waals surface area contributed by atoms with E-state index in [1.807, 2.05) is 12.4 Å². The van der Waals surface area contributed by atoms with Gasteiger partial charge in [-0.25, -0.2) is 0 Å². The van der Waals surface area contributed by atoms with Crippen molar-refractivity contribution in [2.45, 2.75) is 51.4 Å². The van der Waals surface area contributed by atoms with Gasteiger partial charge in [-0.3, -0.25) is 4.98 Å². The molecule has 1 aliphatic carbocycles. The summed E-state index contributed by atoms with van der Waals surface area (Å²) in [4.78, 5) is 6.66. The van der Waals surface area contributed by atoms with Gasteiger partial charge < -0.3 is 14.8 Å². The number of pyridine rings is 1. The van der Waals surface area contributed by atoms with E-state index in [9.17, 15) is 0 Å². The van der Waals surface area contributed by atoms with Crippen molar-refractivity contribution in [1.82, 2.24) is 19.8 Å². The molecule has 140 valence electrons. The second-order valence-corrected chi connectivity index (χ2v) is 8.32. The Labute approximate surface area is 161 Å². The van der Waals surface area contributed by atoms with E-state index in [0.29, 0.717) is 12.1 Å². The van der Waals surface area contributed by atoms with Gasteiger partial charge in [-0.15, -0.1) is 0 Å². The second kappa shape index (κ2) is 6.77. The molecular formula is C23H28N4. The van der Waals surface area contributed by atoms with Gasteiger partial charge >= 0.3 is 0 Å². The van der Waals surface area contributed by atoms with Crippen LogP contribution in [0.2, 0.25) is 0 Å². The third kappa shape index (κ3) is 3.28. The summed E-state index contributed by atoms with van der Waals surface area (Å²) in [6, 6.07) is 12.3. The molecule has 5 rings (SSSR count). The molecule has 2 aromatic heterocycles. The highest BCUT2D eigenvalue weighted by molar-refractivity contribution is 5.86. The molecule has 4 nitrogen and oxygen atoms in total. The van der Waals surface area contributed by atoms with Gasteiger partial charge in [0.25, 0.3) is 0 Å². The molecule has 0 saturated heterocycles. The number of fused-ring (bicyclic) bond motifs is 3. The molecule has 0 amide bonds. The average Bonchev–Trinajstić information content (AvgIpc) is 3.45. The van der Waals surface area contributed by atoms with E-state index < -0.39 is 0 Å². The van der Waals surface area contributed by atoms with Crippen LogP contribution in [0.1, 0.15) is 41.3 Å². The lowest BCUT2D eigenvalue weighted by atomic mass is 10.0. The average molecular weight is 361 g/mol. The van der Waals surface area contributed by atoms with E-state index in [0.717, 1.165) is 26.1 Å². The largest absolute Gasteiger partial charge is 0.342 e. The smallest absolute Gasteiger partial charge is 0.0505 e. The first-order valence-electron chi connectivity index (χ1n) is 10.1. The number of aryl methyl sites for hydroxylation is 1. The van der Waals surface area contributed by atoms with E-state index in [2.05, 4.69) is 64.1 Å². The maximum atomic E-state index is 4.22. The Morgan fingerprint density at radius 2 is 2.00 bits per heavy atom. The van der Waals surface area contributed by atoms with E-state index in [4.69, 9.17) is 0 Å². The van der Waals surface area contributed by atoms with Gasteiger partial charge in [0, 0.05) is 61.1 Å². The van der Waals surface area contributed by atoms with Crippen molar-refractivity contribution in [3.8, 4) is 0 Å². The quantitative estimate of drug-likeness (QED) is 0.751. The lowest BCUT2D eigenvalue weighted by molar-refractivity contribution is 0.307. The van der Waals surface area contributed by atoms with Gasteiger partial charge in [0.15, 0.2) is 0 Å². The number of hydrogen-bond acceptors (Lipinski definition) is 3. The molecule has 3 aromatic rings. The SMILES string of the molecule is Cc1ccc2c(c1)c1c(n2CC(NC2CC2)c2ccncc2)CCN(C)C1. The van der Waals surface area contributed by atoms with E-state index in [1.165, 1.54) is 46.1 Å². The molecule has 1 saturated carbocycles. The van der Waals surface area contributed by atoms with Crippen LogP contribution in [-0.2, 0) is 19.5 Å². The third-order valence-electron chi connectivity index (χ3n) is 6.09. The minimum atomic E-state index is 0.334. The fourth-order valence-corrected chi connectivity index (χ4v) is 4.47. The van der Waals surface area contributed by atoms with Gasteiger partial charge in [-0.2, -0.15) is 0 Å². The fourth-order valence-electron chi connectivity index (χ4n) is 4.47. The number of aromatic nitrogens is 2. The molecule has 27 heavy (non-hydrogen) atoms. The molecule has 1 unspecified atom stereocenters. The summed E-state index contributed by atoms with van der Waals surface area (Å²) in [6.07, 6.45) is 7.56. The zero-order valence-electron chi connectivity index (χ0n) is 16.3. The van der Waals surface area contributed by atoms with Crippen LogP contribution >= 0.6 is 0 Å². The third-order valence-corrected chi connectivity index (χ3v) is 6.09.